The predicted octanol–water partition coefficient (Wildman–Crippen LogP) is 0.542. The van der Waals surface area contributed by atoms with Crippen molar-refractivity contribution in [2.24, 2.45) is 7.05 Å². The minimum absolute atomic E-state index is 0.0851. The van der Waals surface area contributed by atoms with Crippen molar-refractivity contribution in [1.29, 1.82) is 0 Å². The number of hydrogen-bond donors (Lipinski definition) is 1. The molecule has 0 amide bonds. The summed E-state index contributed by atoms with van der Waals surface area (Å²) in [5, 5.41) is 0. The summed E-state index contributed by atoms with van der Waals surface area (Å²) in [5.74, 6) is 5.27. The lowest BCUT2D eigenvalue weighted by atomic mass is 10.1. The summed E-state index contributed by atoms with van der Waals surface area (Å²) < 4.78 is 35.9. The molecule has 0 saturated carbocycles. The molecule has 2 N–H and O–H groups in total. The SMILES string of the molecule is C[n+]1ccn(N)c1.Cc1cc(C)c(S(=O)(=O)[O-])c(C)c1. The highest BCUT2D eigenvalue weighted by Crippen LogP contribution is 2.20. The van der Waals surface area contributed by atoms with Gasteiger partial charge in [0.25, 0.3) is 6.33 Å². The number of imidazole rings is 1. The fourth-order valence-electron chi connectivity index (χ4n) is 2.03. The molecule has 0 saturated heterocycles. The first-order chi connectivity index (χ1) is 9.11. The van der Waals surface area contributed by atoms with Crippen LogP contribution in [0.3, 0.4) is 0 Å². The highest BCUT2D eigenvalue weighted by molar-refractivity contribution is 7.85. The summed E-state index contributed by atoms with van der Waals surface area (Å²) in [6, 6.07) is 3.38. The molecule has 6 nitrogen and oxygen atoms in total. The number of nitrogens with two attached hydrogens (primary N) is 1. The molecule has 0 spiro atoms. The van der Waals surface area contributed by atoms with E-state index in [0.29, 0.717) is 11.1 Å². The van der Waals surface area contributed by atoms with Crippen molar-refractivity contribution >= 4 is 10.1 Å². The summed E-state index contributed by atoms with van der Waals surface area (Å²) in [6.45, 7) is 5.12. The maximum absolute atomic E-state index is 10.8. The number of rotatable bonds is 1. The Bertz CT molecular complexity index is 666. The van der Waals surface area contributed by atoms with E-state index in [1.54, 1.807) is 38.5 Å². The van der Waals surface area contributed by atoms with Gasteiger partial charge in [-0.05, 0) is 31.9 Å². The van der Waals surface area contributed by atoms with Gasteiger partial charge in [0.1, 0.15) is 16.3 Å². The van der Waals surface area contributed by atoms with Crippen molar-refractivity contribution < 1.29 is 17.5 Å². The van der Waals surface area contributed by atoms with Crippen molar-refractivity contribution in [2.45, 2.75) is 25.7 Å². The summed E-state index contributed by atoms with van der Waals surface area (Å²) >= 11 is 0. The lowest BCUT2D eigenvalue weighted by molar-refractivity contribution is -0.670. The average Bonchev–Trinajstić information content (AvgIpc) is 2.59. The average molecular weight is 297 g/mol. The van der Waals surface area contributed by atoms with Crippen molar-refractivity contribution in [3.05, 3.63) is 47.5 Å². The van der Waals surface area contributed by atoms with Crippen LogP contribution in [0.1, 0.15) is 16.7 Å². The number of benzene rings is 1. The van der Waals surface area contributed by atoms with Gasteiger partial charge >= 0.3 is 0 Å². The van der Waals surface area contributed by atoms with E-state index in [1.165, 1.54) is 4.68 Å². The highest BCUT2D eigenvalue weighted by Gasteiger charge is 2.09. The van der Waals surface area contributed by atoms with Crippen molar-refractivity contribution in [3.8, 4) is 0 Å². The molecule has 20 heavy (non-hydrogen) atoms. The molecule has 0 bridgehead atoms. The summed E-state index contributed by atoms with van der Waals surface area (Å²) in [6.07, 6.45) is 5.43. The van der Waals surface area contributed by atoms with Crippen molar-refractivity contribution in [1.82, 2.24) is 4.68 Å². The zero-order chi connectivity index (χ0) is 15.5. The molecule has 0 unspecified atom stereocenters. The van der Waals surface area contributed by atoms with Gasteiger partial charge in [0, 0.05) is 0 Å². The molecule has 1 heterocycles. The second kappa shape index (κ2) is 6.06. The van der Waals surface area contributed by atoms with Crippen molar-refractivity contribution in [3.63, 3.8) is 0 Å². The van der Waals surface area contributed by atoms with E-state index in [0.717, 1.165) is 5.56 Å². The Kier molecular flexibility index (Phi) is 4.91. The number of nitrogen functional groups attached to an aromatic ring is 1. The van der Waals surface area contributed by atoms with Crippen LogP contribution in [0, 0.1) is 20.8 Å². The van der Waals surface area contributed by atoms with Gasteiger partial charge in [-0.25, -0.2) is 13.0 Å². The third kappa shape index (κ3) is 4.36. The van der Waals surface area contributed by atoms with E-state index < -0.39 is 10.1 Å². The molecular formula is C13H19N3O3S. The minimum atomic E-state index is -4.33. The zero-order valence-corrected chi connectivity index (χ0v) is 12.8. The van der Waals surface area contributed by atoms with Crippen LogP contribution in [-0.4, -0.2) is 17.6 Å². The minimum Gasteiger partial charge on any atom is -0.744 e. The lowest BCUT2D eigenvalue weighted by Crippen LogP contribution is -2.24. The molecule has 0 aliphatic heterocycles. The molecule has 7 heteroatoms. The third-order valence-electron chi connectivity index (χ3n) is 2.64. The first-order valence-electron chi connectivity index (χ1n) is 5.93. The standard InChI is InChI=1S/C9H12O3S.C4H8N3/c1-6-4-7(2)9(8(3)5-6)13(10,11)12;1-6-2-3-7(5)4-6/h4-5H,1-3H3,(H,10,11,12);2-4H,5H2,1H3/q;+1/p-1. The Labute approximate surface area is 119 Å². The number of nitrogens with zero attached hydrogens (tertiary/aromatic N) is 2. The predicted molar refractivity (Wildman–Crippen MR) is 74.4 cm³/mol. The maximum Gasteiger partial charge on any atom is 0.266 e. The van der Waals surface area contributed by atoms with Gasteiger partial charge in [-0.15, -0.1) is 4.68 Å². The number of hydrogen-bond acceptors (Lipinski definition) is 4. The van der Waals surface area contributed by atoms with Gasteiger partial charge in [0.2, 0.25) is 0 Å². The quantitative estimate of drug-likeness (QED) is 0.472. The molecule has 2 rings (SSSR count). The normalized spacial score (nSPS) is 10.8. The molecule has 0 radical (unpaired) electrons. The van der Waals surface area contributed by atoms with Crippen LogP contribution in [0.2, 0.25) is 0 Å². The van der Waals surface area contributed by atoms with Crippen molar-refractivity contribution in [2.75, 3.05) is 5.84 Å². The lowest BCUT2D eigenvalue weighted by Gasteiger charge is -2.14. The summed E-state index contributed by atoms with van der Waals surface area (Å²) in [4.78, 5) is -0.0851. The van der Waals surface area contributed by atoms with Crippen LogP contribution < -0.4 is 10.4 Å². The van der Waals surface area contributed by atoms with Gasteiger partial charge in [-0.2, -0.15) is 0 Å². The van der Waals surface area contributed by atoms with Crippen LogP contribution in [0.25, 0.3) is 0 Å². The van der Waals surface area contributed by atoms with Gasteiger partial charge in [-0.3, -0.25) is 5.84 Å². The van der Waals surface area contributed by atoms with Crippen LogP contribution in [0.5, 0.6) is 0 Å². The summed E-state index contributed by atoms with van der Waals surface area (Å²) in [5.41, 5.74) is 2.00. The molecule has 0 aliphatic carbocycles. The van der Waals surface area contributed by atoms with Crippen LogP contribution in [0.4, 0.5) is 0 Å². The smallest absolute Gasteiger partial charge is 0.266 e. The second-order valence-corrected chi connectivity index (χ2v) is 6.02. The maximum atomic E-state index is 10.8. The Hall–Kier alpha value is -1.86. The Balaban J connectivity index is 0.000000240. The van der Waals surface area contributed by atoms with Gasteiger partial charge in [0.05, 0.1) is 11.9 Å². The van der Waals surface area contributed by atoms with Crippen LogP contribution >= 0.6 is 0 Å². The Morgan fingerprint density at radius 2 is 1.70 bits per heavy atom. The van der Waals surface area contributed by atoms with E-state index in [2.05, 4.69) is 0 Å². The number of aromatic nitrogens is 2. The molecular weight excluding hydrogens is 278 g/mol. The van der Waals surface area contributed by atoms with Gasteiger partial charge in [-0.1, -0.05) is 17.7 Å². The third-order valence-corrected chi connectivity index (χ3v) is 3.79. The molecule has 2 aromatic rings. The molecule has 1 aromatic carbocycles. The van der Waals surface area contributed by atoms with Gasteiger partial charge in [0.15, 0.2) is 6.20 Å². The van der Waals surface area contributed by atoms with E-state index >= 15 is 0 Å². The first kappa shape index (κ1) is 16.2. The molecule has 110 valence electrons. The summed E-state index contributed by atoms with van der Waals surface area (Å²) in [7, 11) is -2.41. The van der Waals surface area contributed by atoms with E-state index in [4.69, 9.17) is 5.84 Å². The first-order valence-corrected chi connectivity index (χ1v) is 7.34. The van der Waals surface area contributed by atoms with Gasteiger partial charge < -0.3 is 4.55 Å². The molecule has 0 atom stereocenters. The Morgan fingerprint density at radius 3 is 1.95 bits per heavy atom. The Morgan fingerprint density at radius 1 is 1.20 bits per heavy atom. The molecule has 0 fully saturated rings. The topological polar surface area (TPSA) is 92.0 Å². The van der Waals surface area contributed by atoms with Crippen LogP contribution in [0.15, 0.2) is 35.7 Å². The van der Waals surface area contributed by atoms with E-state index in [-0.39, 0.29) is 4.90 Å². The molecule has 0 aliphatic rings. The molecule has 1 aromatic heterocycles. The highest BCUT2D eigenvalue weighted by atomic mass is 32.2. The van der Waals surface area contributed by atoms with E-state index in [9.17, 15) is 13.0 Å². The van der Waals surface area contributed by atoms with Crippen LogP contribution in [-0.2, 0) is 17.2 Å². The monoisotopic (exact) mass is 297 g/mol. The van der Waals surface area contributed by atoms with E-state index in [1.807, 2.05) is 24.7 Å². The number of aryl methyl sites for hydroxylation is 4. The zero-order valence-electron chi connectivity index (χ0n) is 12.0. The second-order valence-electron chi connectivity index (χ2n) is 4.71. The fraction of sp³-hybridized carbons (Fsp3) is 0.308. The fourth-order valence-corrected chi connectivity index (χ4v) is 2.94. The largest absolute Gasteiger partial charge is 0.744 e.